The Kier molecular flexibility index (Phi) is 30.7. The Labute approximate surface area is 585 Å². The highest BCUT2D eigenvalue weighted by molar-refractivity contribution is 6.31. The number of nitrogens with zero attached hydrogens (tertiary/aromatic N) is 10. The first-order chi connectivity index (χ1) is 46.8. The SMILES string of the molecule is CC(C)C[C@H]1C(=O)N[C@@H](CC#N)C(=O)N(C)CC(=O)N(C)CC(=O)N(C)[C@@H](CC2CCCCC2)C(=O)N(C)CC(=O)N[C@@H](CCc2ccc(C(F)(F)F)c(Cl)c2)C(=O)N2CCC[C@H]2C(=O)NCCCCC(=O)N(C)[C@@H](C2CCCCC2)C(=O)N(C)[C@H](C(=O)N2CCCCC2)CC(=O)N1C. The van der Waals surface area contributed by atoms with Crippen LogP contribution in [0.5, 0.6) is 0 Å². The third-order valence-electron chi connectivity index (χ3n) is 20.4. The number of amides is 12. The van der Waals surface area contributed by atoms with Crippen LogP contribution >= 0.6 is 11.6 Å². The lowest BCUT2D eigenvalue weighted by molar-refractivity contribution is -0.155. The van der Waals surface area contributed by atoms with E-state index >= 15 is 4.79 Å². The Hall–Kier alpha value is -7.57. The van der Waals surface area contributed by atoms with Crippen molar-refractivity contribution in [3.8, 4) is 6.07 Å². The predicted molar refractivity (Wildman–Crippen MR) is 362 cm³/mol. The summed E-state index contributed by atoms with van der Waals surface area (Å²) in [5.41, 5.74) is -0.745. The number of hydrogen-bond donors (Lipinski definition) is 3. The lowest BCUT2D eigenvalue weighted by Crippen LogP contribution is -2.59. The highest BCUT2D eigenvalue weighted by Crippen LogP contribution is 2.36. The summed E-state index contributed by atoms with van der Waals surface area (Å²) in [6.45, 7) is 2.81. The van der Waals surface area contributed by atoms with Crippen LogP contribution in [0.4, 0.5) is 13.2 Å². The van der Waals surface area contributed by atoms with Gasteiger partial charge in [0.05, 0.1) is 49.1 Å². The molecule has 2 aliphatic carbocycles. The second-order valence-corrected chi connectivity index (χ2v) is 28.7. The lowest BCUT2D eigenvalue weighted by Gasteiger charge is -2.41. The summed E-state index contributed by atoms with van der Waals surface area (Å²) >= 11 is 6.10. The number of rotatable bonds is 10. The fourth-order valence-corrected chi connectivity index (χ4v) is 14.7. The van der Waals surface area contributed by atoms with Crippen molar-refractivity contribution in [3.63, 3.8) is 0 Å². The number of halogens is 4. The number of likely N-dealkylation sites (N-methyl/N-ethyl adjacent to an activating group) is 7. The molecule has 0 unspecified atom stereocenters. The number of alkyl halides is 3. The number of nitrogens with one attached hydrogen (secondary N) is 3. The van der Waals surface area contributed by atoms with Gasteiger partial charge >= 0.3 is 6.18 Å². The molecule has 550 valence electrons. The molecule has 29 heteroatoms. The maximum atomic E-state index is 15.3. The topological polar surface area (TPSA) is 294 Å². The largest absolute Gasteiger partial charge is 0.417 e. The molecule has 1 aromatic carbocycles. The van der Waals surface area contributed by atoms with Crippen LogP contribution in [-0.2, 0) is 70.1 Å². The Morgan fingerprint density at radius 1 is 0.616 bits per heavy atom. The number of carbonyl (C=O) groups excluding carboxylic acids is 12. The fourth-order valence-electron chi connectivity index (χ4n) is 14.4. The van der Waals surface area contributed by atoms with E-state index in [0.29, 0.717) is 57.2 Å². The van der Waals surface area contributed by atoms with Gasteiger partial charge in [0.25, 0.3) is 0 Å². The molecule has 0 bridgehead atoms. The summed E-state index contributed by atoms with van der Waals surface area (Å²) < 4.78 is 41.2. The third kappa shape index (κ3) is 22.5. The number of fused-ring (bicyclic) bond motifs is 1. The molecule has 6 rings (SSSR count). The maximum absolute atomic E-state index is 15.3. The quantitative estimate of drug-likeness (QED) is 0.274. The van der Waals surface area contributed by atoms with E-state index in [9.17, 15) is 71.2 Å². The minimum absolute atomic E-state index is 0.00909. The minimum Gasteiger partial charge on any atom is -0.354 e. The summed E-state index contributed by atoms with van der Waals surface area (Å²) in [6, 6.07) is -3.59. The van der Waals surface area contributed by atoms with Crippen molar-refractivity contribution < 1.29 is 70.7 Å². The molecule has 3 N–H and O–H groups in total. The summed E-state index contributed by atoms with van der Waals surface area (Å²) in [5.74, 6) is -8.19. The first kappa shape index (κ1) is 80.4. The molecule has 25 nitrogen and oxygen atoms in total. The highest BCUT2D eigenvalue weighted by Gasteiger charge is 2.45. The van der Waals surface area contributed by atoms with Gasteiger partial charge in [0.15, 0.2) is 0 Å². The van der Waals surface area contributed by atoms with Crippen molar-refractivity contribution in [3.05, 3.63) is 34.3 Å². The van der Waals surface area contributed by atoms with Crippen molar-refractivity contribution in [1.29, 1.82) is 5.26 Å². The maximum Gasteiger partial charge on any atom is 0.417 e. The van der Waals surface area contributed by atoms with Crippen LogP contribution in [0.25, 0.3) is 0 Å². The van der Waals surface area contributed by atoms with Crippen LogP contribution < -0.4 is 16.0 Å². The zero-order chi connectivity index (χ0) is 73.0. The second kappa shape index (κ2) is 37.7. The van der Waals surface area contributed by atoms with Gasteiger partial charge in [-0.05, 0) is 119 Å². The van der Waals surface area contributed by atoms with Gasteiger partial charge in [-0.2, -0.15) is 18.4 Å². The Bertz CT molecular complexity index is 3080. The van der Waals surface area contributed by atoms with E-state index in [1.807, 2.05) is 19.9 Å². The molecule has 0 radical (unpaired) electrons. The second-order valence-electron chi connectivity index (χ2n) is 28.3. The molecular weight excluding hydrogens is 1310 g/mol. The van der Waals surface area contributed by atoms with E-state index in [1.54, 1.807) is 11.9 Å². The molecule has 12 amide bonds. The first-order valence-electron chi connectivity index (χ1n) is 35.3. The molecule has 3 heterocycles. The average molecular weight is 1410 g/mol. The third-order valence-corrected chi connectivity index (χ3v) is 20.8. The molecule has 99 heavy (non-hydrogen) atoms. The van der Waals surface area contributed by atoms with Gasteiger partial charge in [0, 0.05) is 81.9 Å². The van der Waals surface area contributed by atoms with Crippen molar-refractivity contribution >= 4 is 82.5 Å². The number of benzene rings is 1. The molecule has 1 aromatic rings. The smallest absolute Gasteiger partial charge is 0.354 e. The van der Waals surface area contributed by atoms with Gasteiger partial charge in [-0.15, -0.1) is 0 Å². The van der Waals surface area contributed by atoms with E-state index < -0.39 is 157 Å². The molecule has 7 atom stereocenters. The Morgan fingerprint density at radius 3 is 1.86 bits per heavy atom. The van der Waals surface area contributed by atoms with Gasteiger partial charge in [0.2, 0.25) is 70.9 Å². The summed E-state index contributed by atoms with van der Waals surface area (Å²) in [6.07, 6.45) is 5.73. The summed E-state index contributed by atoms with van der Waals surface area (Å²) in [4.78, 5) is 185. The zero-order valence-corrected chi connectivity index (χ0v) is 60.1. The standard InChI is InChI=1S/C70H105ClF3N13O12/c1-45(2)38-54-64(94)78-52(32-33-75)65(95)81(5)43-60(91)79(3)44-61(92)83(7)55(40-46-22-13-10-14-23-46)67(97)80(4)42-57(88)77-51(31-29-47-28-30-49(50(71)39-47)70(72,73)74)66(96)87-37-21-26-53(87)63(93)76-34-18-17-27-58(89)85(9)62(48-24-15-11-16-25-48)69(99)84(8)56(41-59(90)82(54)6)68(98)86-35-19-12-20-36-86/h28,30,39,45-46,48,51-56,62H,10-27,29,31-32,34-38,40-44H2,1-9H3,(H,76,93)(H,77,88)(H,78,94)/t51-,52-,53-,54-,55-,56-,62-/m0/s1. The number of piperidine rings is 1. The molecule has 3 aliphatic heterocycles. The Morgan fingerprint density at radius 2 is 1.23 bits per heavy atom. The molecule has 5 fully saturated rings. The highest BCUT2D eigenvalue weighted by atomic mass is 35.5. The van der Waals surface area contributed by atoms with Crippen molar-refractivity contribution in [2.24, 2.45) is 17.8 Å². The zero-order valence-electron chi connectivity index (χ0n) is 59.3. The summed E-state index contributed by atoms with van der Waals surface area (Å²) in [5, 5.41) is 17.7. The normalized spacial score (nSPS) is 25.8. The number of aryl methyl sites for hydroxylation is 1. The molecular formula is C70H105ClF3N13O12. The Balaban J connectivity index is 1.33. The number of likely N-dealkylation sites (tertiary alicyclic amines) is 1. The van der Waals surface area contributed by atoms with Crippen molar-refractivity contribution in [1.82, 2.24) is 60.0 Å². The van der Waals surface area contributed by atoms with Crippen LogP contribution in [0.2, 0.25) is 5.02 Å². The van der Waals surface area contributed by atoms with Crippen molar-refractivity contribution in [2.45, 2.75) is 216 Å². The van der Waals surface area contributed by atoms with Crippen LogP contribution in [0, 0.1) is 29.1 Å². The molecule has 2 saturated carbocycles. The van der Waals surface area contributed by atoms with E-state index in [4.69, 9.17) is 11.6 Å². The van der Waals surface area contributed by atoms with Gasteiger partial charge in [0.1, 0.15) is 42.3 Å². The van der Waals surface area contributed by atoms with Crippen LogP contribution in [-0.4, -0.2) is 252 Å². The minimum atomic E-state index is -4.74. The van der Waals surface area contributed by atoms with E-state index in [0.717, 1.165) is 84.6 Å². The van der Waals surface area contributed by atoms with E-state index in [1.165, 1.54) is 72.9 Å². The predicted octanol–water partition coefficient (Wildman–Crippen LogP) is 5.15. The van der Waals surface area contributed by atoms with Gasteiger partial charge < -0.3 is 60.0 Å². The van der Waals surface area contributed by atoms with Gasteiger partial charge in [-0.3, -0.25) is 57.5 Å². The van der Waals surface area contributed by atoms with Gasteiger partial charge in [-0.25, -0.2) is 0 Å². The monoisotopic (exact) mass is 1410 g/mol. The number of carbonyl (C=O) groups is 12. The lowest BCUT2D eigenvalue weighted by atomic mass is 9.82. The van der Waals surface area contributed by atoms with Crippen LogP contribution in [0.1, 0.15) is 173 Å². The number of nitriles is 1. The van der Waals surface area contributed by atoms with E-state index in [-0.39, 0.29) is 81.7 Å². The average Bonchev–Trinajstić information content (AvgIpc) is 1.46. The molecule has 5 aliphatic rings. The van der Waals surface area contributed by atoms with Crippen LogP contribution in [0.3, 0.4) is 0 Å². The molecule has 3 saturated heterocycles. The summed E-state index contributed by atoms with van der Waals surface area (Å²) in [7, 11) is 9.77. The van der Waals surface area contributed by atoms with E-state index in [2.05, 4.69) is 16.0 Å². The molecule has 0 aromatic heterocycles. The first-order valence-corrected chi connectivity index (χ1v) is 35.7. The number of hydrogen-bond acceptors (Lipinski definition) is 13. The van der Waals surface area contributed by atoms with Crippen molar-refractivity contribution in [2.75, 3.05) is 95.1 Å². The van der Waals surface area contributed by atoms with Crippen LogP contribution in [0.15, 0.2) is 18.2 Å². The fraction of sp³-hybridized carbons (Fsp3) is 0.729. The van der Waals surface area contributed by atoms with Gasteiger partial charge in [-0.1, -0.05) is 82.9 Å². The molecule has 0 spiro atoms.